The summed E-state index contributed by atoms with van der Waals surface area (Å²) < 4.78 is 5.14. The number of methoxy groups -OCH3 is 1. The SMILES string of the molecule is COC(=O)C[C@H](CN1CC2(CCN(Cc3ccc4ccc(N=C(c5ccccc5)c5ccccc5)nc4c3)CC2)C1)c1cccc(C2N=C(C)C=C2C)c1. The van der Waals surface area contributed by atoms with Crippen molar-refractivity contribution >= 4 is 34.1 Å². The number of aliphatic imine (C=N–C) groups is 2. The van der Waals surface area contributed by atoms with Crippen LogP contribution >= 0.6 is 0 Å². The van der Waals surface area contributed by atoms with E-state index in [1.54, 1.807) is 0 Å². The smallest absolute Gasteiger partial charge is 0.306 e. The molecule has 8 rings (SSSR count). The molecule has 0 N–H and O–H groups in total. The van der Waals surface area contributed by atoms with E-state index < -0.39 is 0 Å². The van der Waals surface area contributed by atoms with Gasteiger partial charge in [-0.15, -0.1) is 0 Å². The van der Waals surface area contributed by atoms with Gasteiger partial charge in [0.25, 0.3) is 0 Å². The Labute approximate surface area is 319 Å². The van der Waals surface area contributed by atoms with Crippen molar-refractivity contribution in [2.75, 3.05) is 39.8 Å². The molecule has 0 saturated carbocycles. The molecule has 0 amide bonds. The van der Waals surface area contributed by atoms with Gasteiger partial charge >= 0.3 is 5.97 Å². The van der Waals surface area contributed by atoms with Crippen molar-refractivity contribution in [3.63, 3.8) is 0 Å². The minimum absolute atomic E-state index is 0.0664. The molecule has 3 aliphatic heterocycles. The number of pyridine rings is 1. The average molecular weight is 716 g/mol. The largest absolute Gasteiger partial charge is 0.469 e. The zero-order valence-corrected chi connectivity index (χ0v) is 31.6. The third-order valence-electron chi connectivity index (χ3n) is 11.5. The molecular weight excluding hydrogens is 667 g/mol. The monoisotopic (exact) mass is 715 g/mol. The van der Waals surface area contributed by atoms with Gasteiger partial charge in [-0.2, -0.15) is 0 Å². The highest BCUT2D eigenvalue weighted by molar-refractivity contribution is 6.13. The Bertz CT molecular complexity index is 2170. The number of ether oxygens (including phenoxy) is 1. The molecule has 0 bridgehead atoms. The maximum absolute atomic E-state index is 12.6. The first-order valence-corrected chi connectivity index (χ1v) is 19.3. The van der Waals surface area contributed by atoms with Crippen LogP contribution in [0.3, 0.4) is 0 Å². The van der Waals surface area contributed by atoms with Crippen LogP contribution in [0.2, 0.25) is 0 Å². The number of benzene rings is 4. The average Bonchev–Trinajstić information content (AvgIpc) is 3.54. The molecule has 1 spiro atoms. The van der Waals surface area contributed by atoms with Crippen molar-refractivity contribution in [3.8, 4) is 0 Å². The summed E-state index contributed by atoms with van der Waals surface area (Å²) in [5.74, 6) is 0.641. The van der Waals surface area contributed by atoms with Crippen molar-refractivity contribution < 1.29 is 9.53 Å². The summed E-state index contributed by atoms with van der Waals surface area (Å²) in [6.45, 7) is 10.3. The van der Waals surface area contributed by atoms with Crippen molar-refractivity contribution in [2.24, 2.45) is 15.4 Å². The van der Waals surface area contributed by atoms with E-state index >= 15 is 0 Å². The van der Waals surface area contributed by atoms with Crippen LogP contribution in [-0.2, 0) is 16.1 Å². The maximum Gasteiger partial charge on any atom is 0.306 e. The summed E-state index contributed by atoms with van der Waals surface area (Å²) in [6.07, 6.45) is 4.93. The highest BCUT2D eigenvalue weighted by Gasteiger charge is 2.45. The molecule has 54 heavy (non-hydrogen) atoms. The summed E-state index contributed by atoms with van der Waals surface area (Å²) in [4.78, 5) is 32.6. The number of carbonyl (C=O) groups excluding carboxylic acids is 1. The Morgan fingerprint density at radius 1 is 0.852 bits per heavy atom. The zero-order chi connectivity index (χ0) is 37.1. The Morgan fingerprint density at radius 2 is 1.56 bits per heavy atom. The van der Waals surface area contributed by atoms with Gasteiger partial charge in [-0.1, -0.05) is 97.1 Å². The van der Waals surface area contributed by atoms with Crippen molar-refractivity contribution in [3.05, 3.63) is 155 Å². The van der Waals surface area contributed by atoms with Crippen LogP contribution < -0.4 is 0 Å². The minimum atomic E-state index is -0.156. The maximum atomic E-state index is 12.6. The van der Waals surface area contributed by atoms with Gasteiger partial charge in [0.1, 0.15) is 0 Å². The van der Waals surface area contributed by atoms with Gasteiger partial charge in [-0.05, 0) is 91.7 Å². The van der Waals surface area contributed by atoms with Crippen LogP contribution in [-0.4, -0.2) is 72.0 Å². The van der Waals surface area contributed by atoms with Gasteiger partial charge in [0, 0.05) is 54.3 Å². The zero-order valence-electron chi connectivity index (χ0n) is 31.6. The quantitative estimate of drug-likeness (QED) is 0.101. The molecule has 2 saturated heterocycles. The molecule has 5 aromatic rings. The lowest BCUT2D eigenvalue weighted by Gasteiger charge is -2.55. The number of hydrogen-bond acceptors (Lipinski definition) is 7. The molecule has 4 heterocycles. The summed E-state index contributed by atoms with van der Waals surface area (Å²) in [7, 11) is 1.49. The molecular formula is C47H49N5O2. The van der Waals surface area contributed by atoms with E-state index in [1.165, 1.54) is 42.2 Å². The first-order valence-electron chi connectivity index (χ1n) is 19.3. The third-order valence-corrected chi connectivity index (χ3v) is 11.5. The second kappa shape index (κ2) is 15.6. The van der Waals surface area contributed by atoms with Gasteiger partial charge < -0.3 is 9.64 Å². The summed E-state index contributed by atoms with van der Waals surface area (Å²) in [5, 5.41) is 1.12. The number of carbonyl (C=O) groups is 1. The van der Waals surface area contributed by atoms with Gasteiger partial charge in [0.15, 0.2) is 5.82 Å². The van der Waals surface area contributed by atoms with E-state index in [9.17, 15) is 4.79 Å². The number of piperidine rings is 1. The molecule has 1 unspecified atom stereocenters. The van der Waals surface area contributed by atoms with Crippen molar-refractivity contribution in [1.29, 1.82) is 0 Å². The van der Waals surface area contributed by atoms with Crippen molar-refractivity contribution in [1.82, 2.24) is 14.8 Å². The molecule has 274 valence electrons. The Kier molecular flexibility index (Phi) is 10.3. The lowest BCUT2D eigenvalue weighted by molar-refractivity contribution is -0.141. The molecule has 7 nitrogen and oxygen atoms in total. The molecule has 2 atom stereocenters. The van der Waals surface area contributed by atoms with E-state index in [-0.39, 0.29) is 17.9 Å². The highest BCUT2D eigenvalue weighted by Crippen LogP contribution is 2.42. The molecule has 1 aromatic heterocycles. The van der Waals surface area contributed by atoms with Crippen LogP contribution in [0.1, 0.15) is 72.9 Å². The van der Waals surface area contributed by atoms with Crippen molar-refractivity contribution in [2.45, 2.75) is 51.6 Å². The first-order chi connectivity index (χ1) is 26.3. The topological polar surface area (TPSA) is 70.4 Å². The number of hydrogen-bond donors (Lipinski definition) is 0. The molecule has 0 radical (unpaired) electrons. The molecule has 4 aromatic carbocycles. The van der Waals surface area contributed by atoms with E-state index in [1.807, 2.05) is 42.5 Å². The molecule has 7 heteroatoms. The standard InChI is InChI=1S/C47H49N5O2/c1-33-25-34(2)48-45(33)40-16-10-15-39(27-40)41(28-44(53)54-3)30-52-31-47(32-52)21-23-51(24-22-47)29-35-17-18-36-19-20-43(49-42(36)26-35)50-46(37-11-6-4-7-12-37)38-13-8-5-9-14-38/h4-20,25-27,41,45H,21-24,28-32H2,1-3H3/t41-,45?/m1/s1. The van der Waals surface area contributed by atoms with E-state index in [0.717, 1.165) is 72.7 Å². The lowest BCUT2D eigenvalue weighted by atomic mass is 9.71. The summed E-state index contributed by atoms with van der Waals surface area (Å²) in [6, 6.07) is 40.2. The first kappa shape index (κ1) is 35.8. The fourth-order valence-corrected chi connectivity index (χ4v) is 8.66. The Hall–Kier alpha value is -5.24. The number of esters is 1. The van der Waals surface area contributed by atoms with Gasteiger partial charge in [-0.25, -0.2) is 9.98 Å². The Balaban J connectivity index is 0.900. The minimum Gasteiger partial charge on any atom is -0.469 e. The molecule has 0 aliphatic carbocycles. The predicted molar refractivity (Wildman–Crippen MR) is 219 cm³/mol. The number of fused-ring (bicyclic) bond motifs is 1. The van der Waals surface area contributed by atoms with Crippen LogP contribution in [0.5, 0.6) is 0 Å². The number of aromatic nitrogens is 1. The van der Waals surface area contributed by atoms with Crippen LogP contribution in [0.25, 0.3) is 10.9 Å². The molecule has 3 aliphatic rings. The van der Waals surface area contributed by atoms with E-state index in [0.29, 0.717) is 17.7 Å². The predicted octanol–water partition coefficient (Wildman–Crippen LogP) is 9.11. The number of allylic oxidation sites excluding steroid dienone is 1. The number of nitrogens with zero attached hydrogens (tertiary/aromatic N) is 5. The van der Waals surface area contributed by atoms with E-state index in [2.05, 4.69) is 103 Å². The number of rotatable bonds is 11. The number of likely N-dealkylation sites (tertiary alicyclic amines) is 2. The highest BCUT2D eigenvalue weighted by atomic mass is 16.5. The van der Waals surface area contributed by atoms with Crippen LogP contribution in [0.15, 0.2) is 137 Å². The Morgan fingerprint density at radius 3 is 2.22 bits per heavy atom. The van der Waals surface area contributed by atoms with Gasteiger partial charge in [0.05, 0.1) is 30.8 Å². The second-order valence-electron chi connectivity index (χ2n) is 15.5. The molecule has 2 fully saturated rings. The van der Waals surface area contributed by atoms with Gasteiger partial charge in [-0.3, -0.25) is 14.7 Å². The normalized spacial score (nSPS) is 18.8. The summed E-state index contributed by atoms with van der Waals surface area (Å²) >= 11 is 0. The lowest BCUT2D eigenvalue weighted by Crippen LogP contribution is -2.60. The fraction of sp³-hybridized carbons (Fsp3) is 0.319. The fourth-order valence-electron chi connectivity index (χ4n) is 8.66. The summed E-state index contributed by atoms with van der Waals surface area (Å²) in [5.41, 5.74) is 10.4. The van der Waals surface area contributed by atoms with Crippen LogP contribution in [0.4, 0.5) is 5.82 Å². The second-order valence-corrected chi connectivity index (χ2v) is 15.5. The third kappa shape index (κ3) is 7.98. The van der Waals surface area contributed by atoms with E-state index in [4.69, 9.17) is 19.7 Å². The van der Waals surface area contributed by atoms with Crippen LogP contribution in [0, 0.1) is 5.41 Å². The van der Waals surface area contributed by atoms with Gasteiger partial charge in [0.2, 0.25) is 0 Å².